The average Bonchev–Trinajstić information content (AvgIpc) is 2.26. The number of methoxy groups -OCH3 is 1. The highest BCUT2D eigenvalue weighted by molar-refractivity contribution is 7.89. The van der Waals surface area contributed by atoms with Crippen LogP contribution in [-0.4, -0.2) is 45.0 Å². The Balaban J connectivity index is 2.89. The summed E-state index contributed by atoms with van der Waals surface area (Å²) in [7, 11) is -0.380. The van der Waals surface area contributed by atoms with Gasteiger partial charge in [-0.3, -0.25) is 4.98 Å². The molecule has 1 aromatic heterocycles. The standard InChI is InChI=1S/C10H16N2O3S/c1-9-4-5-10(8-11-9)16(13,14)12(2)6-7-15-3/h4-5,8H,6-7H2,1-3H3. The molecule has 16 heavy (non-hydrogen) atoms. The Morgan fingerprint density at radius 3 is 2.62 bits per heavy atom. The van der Waals surface area contributed by atoms with E-state index < -0.39 is 10.0 Å². The topological polar surface area (TPSA) is 59.5 Å². The lowest BCUT2D eigenvalue weighted by Gasteiger charge is -2.16. The predicted octanol–water partition coefficient (Wildman–Crippen LogP) is 0.657. The fourth-order valence-corrected chi connectivity index (χ4v) is 2.23. The first-order valence-electron chi connectivity index (χ1n) is 4.86. The van der Waals surface area contributed by atoms with Crippen molar-refractivity contribution >= 4 is 10.0 Å². The van der Waals surface area contributed by atoms with E-state index >= 15 is 0 Å². The average molecular weight is 244 g/mol. The van der Waals surface area contributed by atoms with Gasteiger partial charge < -0.3 is 4.74 Å². The van der Waals surface area contributed by atoms with E-state index in [1.165, 1.54) is 24.7 Å². The van der Waals surface area contributed by atoms with E-state index in [9.17, 15) is 8.42 Å². The van der Waals surface area contributed by atoms with Crippen molar-refractivity contribution in [2.24, 2.45) is 0 Å². The molecule has 5 nitrogen and oxygen atoms in total. The molecule has 0 fully saturated rings. The number of nitrogens with zero attached hydrogens (tertiary/aromatic N) is 2. The normalized spacial score (nSPS) is 12.0. The number of likely N-dealkylation sites (N-methyl/N-ethyl adjacent to an activating group) is 1. The second-order valence-corrected chi connectivity index (χ2v) is 5.50. The molecule has 0 amide bonds. The molecule has 0 aliphatic heterocycles. The highest BCUT2D eigenvalue weighted by atomic mass is 32.2. The number of rotatable bonds is 5. The Kier molecular flexibility index (Phi) is 4.40. The monoisotopic (exact) mass is 244 g/mol. The van der Waals surface area contributed by atoms with Crippen LogP contribution in [0.2, 0.25) is 0 Å². The van der Waals surface area contributed by atoms with Gasteiger partial charge in [0, 0.05) is 32.6 Å². The molecular weight excluding hydrogens is 228 g/mol. The first-order chi connectivity index (χ1) is 7.48. The van der Waals surface area contributed by atoms with Gasteiger partial charge in [0.05, 0.1) is 6.61 Å². The molecule has 0 atom stereocenters. The smallest absolute Gasteiger partial charge is 0.244 e. The second-order valence-electron chi connectivity index (χ2n) is 3.45. The van der Waals surface area contributed by atoms with Gasteiger partial charge in [-0.25, -0.2) is 8.42 Å². The molecule has 0 aromatic carbocycles. The quantitative estimate of drug-likeness (QED) is 0.763. The number of aryl methyl sites for hydroxylation is 1. The Hall–Kier alpha value is -0.980. The highest BCUT2D eigenvalue weighted by Gasteiger charge is 2.20. The highest BCUT2D eigenvalue weighted by Crippen LogP contribution is 2.12. The molecule has 0 bridgehead atoms. The van der Waals surface area contributed by atoms with E-state index in [0.29, 0.717) is 13.2 Å². The zero-order valence-corrected chi connectivity index (χ0v) is 10.5. The first kappa shape index (κ1) is 13.1. The lowest BCUT2D eigenvalue weighted by molar-refractivity contribution is 0.185. The summed E-state index contributed by atoms with van der Waals surface area (Å²) in [6.45, 7) is 2.51. The maximum absolute atomic E-state index is 12.0. The molecule has 0 aliphatic carbocycles. The van der Waals surface area contributed by atoms with Crippen molar-refractivity contribution < 1.29 is 13.2 Å². The van der Waals surface area contributed by atoms with E-state index in [0.717, 1.165) is 5.69 Å². The van der Waals surface area contributed by atoms with Crippen LogP contribution in [0.3, 0.4) is 0 Å². The van der Waals surface area contributed by atoms with Crippen molar-refractivity contribution in [2.45, 2.75) is 11.8 Å². The third-order valence-electron chi connectivity index (χ3n) is 2.20. The number of aromatic nitrogens is 1. The van der Waals surface area contributed by atoms with Gasteiger partial charge in [-0.05, 0) is 19.1 Å². The predicted molar refractivity (Wildman–Crippen MR) is 60.7 cm³/mol. The lowest BCUT2D eigenvalue weighted by Crippen LogP contribution is -2.30. The van der Waals surface area contributed by atoms with Crippen molar-refractivity contribution in [3.63, 3.8) is 0 Å². The Labute approximate surface area is 96.1 Å². The van der Waals surface area contributed by atoms with E-state index in [1.54, 1.807) is 12.1 Å². The molecule has 1 aromatic rings. The van der Waals surface area contributed by atoms with Crippen LogP contribution in [0.15, 0.2) is 23.2 Å². The number of pyridine rings is 1. The van der Waals surface area contributed by atoms with Crippen molar-refractivity contribution in [2.75, 3.05) is 27.3 Å². The zero-order chi connectivity index (χ0) is 12.2. The molecule has 6 heteroatoms. The first-order valence-corrected chi connectivity index (χ1v) is 6.30. The van der Waals surface area contributed by atoms with Crippen LogP contribution in [-0.2, 0) is 14.8 Å². The van der Waals surface area contributed by atoms with E-state index in [1.807, 2.05) is 6.92 Å². The molecule has 1 heterocycles. The van der Waals surface area contributed by atoms with Gasteiger partial charge in [0.15, 0.2) is 0 Å². The summed E-state index contributed by atoms with van der Waals surface area (Å²) in [5.74, 6) is 0. The van der Waals surface area contributed by atoms with Crippen LogP contribution in [0.1, 0.15) is 5.69 Å². The van der Waals surface area contributed by atoms with Crippen LogP contribution < -0.4 is 0 Å². The second kappa shape index (κ2) is 5.38. The third-order valence-corrected chi connectivity index (χ3v) is 4.04. The Morgan fingerprint density at radius 2 is 2.12 bits per heavy atom. The Bertz CT molecular complexity index is 428. The van der Waals surface area contributed by atoms with Crippen molar-refractivity contribution in [3.8, 4) is 0 Å². The minimum absolute atomic E-state index is 0.205. The molecule has 0 unspecified atom stereocenters. The van der Waals surface area contributed by atoms with Gasteiger partial charge in [-0.1, -0.05) is 0 Å². The Morgan fingerprint density at radius 1 is 1.44 bits per heavy atom. The van der Waals surface area contributed by atoms with Crippen LogP contribution in [0, 0.1) is 6.92 Å². The molecule has 0 aliphatic rings. The van der Waals surface area contributed by atoms with Gasteiger partial charge in [0.2, 0.25) is 10.0 Å². The van der Waals surface area contributed by atoms with Crippen molar-refractivity contribution in [1.82, 2.24) is 9.29 Å². The van der Waals surface area contributed by atoms with Crippen molar-refractivity contribution in [3.05, 3.63) is 24.0 Å². The molecule has 0 radical (unpaired) electrons. The van der Waals surface area contributed by atoms with Gasteiger partial charge >= 0.3 is 0 Å². The lowest BCUT2D eigenvalue weighted by atomic mass is 10.4. The molecular formula is C10H16N2O3S. The number of ether oxygens (including phenoxy) is 1. The number of hydrogen-bond acceptors (Lipinski definition) is 4. The molecule has 90 valence electrons. The summed E-state index contributed by atoms with van der Waals surface area (Å²) in [5, 5.41) is 0. The maximum atomic E-state index is 12.0. The van der Waals surface area contributed by atoms with Gasteiger partial charge in [0.1, 0.15) is 4.90 Å². The van der Waals surface area contributed by atoms with Crippen LogP contribution in [0.4, 0.5) is 0 Å². The van der Waals surface area contributed by atoms with E-state index in [4.69, 9.17) is 4.74 Å². The molecule has 0 N–H and O–H groups in total. The summed E-state index contributed by atoms with van der Waals surface area (Å²) in [6, 6.07) is 3.23. The third kappa shape index (κ3) is 3.01. The van der Waals surface area contributed by atoms with Gasteiger partial charge in [0.25, 0.3) is 0 Å². The van der Waals surface area contributed by atoms with E-state index in [-0.39, 0.29) is 4.90 Å². The van der Waals surface area contributed by atoms with Crippen LogP contribution in [0.5, 0.6) is 0 Å². The van der Waals surface area contributed by atoms with E-state index in [2.05, 4.69) is 4.98 Å². The molecule has 1 rings (SSSR count). The van der Waals surface area contributed by atoms with Gasteiger partial charge in [-0.15, -0.1) is 0 Å². The molecule has 0 saturated heterocycles. The number of sulfonamides is 1. The summed E-state index contributed by atoms with van der Waals surface area (Å²) in [6.07, 6.45) is 1.37. The summed E-state index contributed by atoms with van der Waals surface area (Å²) in [4.78, 5) is 4.18. The fourth-order valence-electron chi connectivity index (χ4n) is 1.13. The molecule has 0 saturated carbocycles. The minimum atomic E-state index is -3.44. The van der Waals surface area contributed by atoms with Crippen LogP contribution in [0.25, 0.3) is 0 Å². The summed E-state index contributed by atoms with van der Waals surface area (Å²) < 4.78 is 30.1. The summed E-state index contributed by atoms with van der Waals surface area (Å²) in [5.41, 5.74) is 0.790. The minimum Gasteiger partial charge on any atom is -0.383 e. The summed E-state index contributed by atoms with van der Waals surface area (Å²) >= 11 is 0. The SMILES string of the molecule is COCCN(C)S(=O)(=O)c1ccc(C)nc1. The molecule has 0 spiro atoms. The zero-order valence-electron chi connectivity index (χ0n) is 9.67. The van der Waals surface area contributed by atoms with Gasteiger partial charge in [-0.2, -0.15) is 4.31 Å². The largest absolute Gasteiger partial charge is 0.383 e. The number of hydrogen-bond donors (Lipinski definition) is 0. The van der Waals surface area contributed by atoms with Crippen LogP contribution >= 0.6 is 0 Å². The maximum Gasteiger partial charge on any atom is 0.244 e. The fraction of sp³-hybridized carbons (Fsp3) is 0.500. The van der Waals surface area contributed by atoms with Crippen molar-refractivity contribution in [1.29, 1.82) is 0 Å².